The molecule has 0 bridgehead atoms. The number of hydrogen-bond acceptors (Lipinski definition) is 2. The zero-order chi connectivity index (χ0) is 13.8. The van der Waals surface area contributed by atoms with Crippen molar-refractivity contribution in [2.45, 2.75) is 33.1 Å². The Balaban J connectivity index is 1.98. The molecular weight excluding hydrogens is 322 g/mol. The van der Waals surface area contributed by atoms with E-state index in [1.807, 2.05) is 24.8 Å². The average Bonchev–Trinajstić information content (AvgIpc) is 2.35. The predicted octanol–water partition coefficient (Wildman–Crippen LogP) is 4.54. The molecular formula is C15H20BrNOS. The number of anilines is 1. The summed E-state index contributed by atoms with van der Waals surface area (Å²) in [5.41, 5.74) is 3.23. The Kier molecular flexibility index (Phi) is 5.34. The third-order valence-corrected chi connectivity index (χ3v) is 5.19. The summed E-state index contributed by atoms with van der Waals surface area (Å²) in [6.45, 7) is 4.09. The van der Waals surface area contributed by atoms with Crippen molar-refractivity contribution in [2.75, 3.05) is 16.8 Å². The fourth-order valence-electron chi connectivity index (χ4n) is 2.48. The van der Waals surface area contributed by atoms with E-state index in [9.17, 15) is 4.79 Å². The molecule has 0 aliphatic carbocycles. The maximum Gasteiger partial charge on any atom is 0.224 e. The third-order valence-electron chi connectivity index (χ3n) is 3.51. The third kappa shape index (κ3) is 4.25. The average molecular weight is 342 g/mol. The summed E-state index contributed by atoms with van der Waals surface area (Å²) in [6.07, 6.45) is 3.00. The number of amides is 1. The lowest BCUT2D eigenvalue weighted by atomic mass is 9.98. The minimum atomic E-state index is 0.143. The number of nitrogens with one attached hydrogen (secondary N) is 1. The van der Waals surface area contributed by atoms with E-state index < -0.39 is 0 Å². The Hall–Kier alpha value is -0.480. The van der Waals surface area contributed by atoms with Crippen LogP contribution in [-0.2, 0) is 4.79 Å². The lowest BCUT2D eigenvalue weighted by molar-refractivity contribution is -0.117. The topological polar surface area (TPSA) is 29.1 Å². The highest BCUT2D eigenvalue weighted by Gasteiger charge is 2.18. The van der Waals surface area contributed by atoms with Crippen LogP contribution < -0.4 is 5.32 Å². The van der Waals surface area contributed by atoms with Crippen LogP contribution in [0.1, 0.15) is 30.4 Å². The molecule has 1 amide bonds. The Labute approximate surface area is 127 Å². The summed E-state index contributed by atoms with van der Waals surface area (Å²) >= 11 is 5.53. The van der Waals surface area contributed by atoms with Gasteiger partial charge in [0.1, 0.15) is 0 Å². The van der Waals surface area contributed by atoms with Gasteiger partial charge in [-0.2, -0.15) is 11.8 Å². The molecule has 4 heteroatoms. The van der Waals surface area contributed by atoms with Gasteiger partial charge in [-0.3, -0.25) is 4.79 Å². The summed E-state index contributed by atoms with van der Waals surface area (Å²) in [5, 5.41) is 3.06. The van der Waals surface area contributed by atoms with Crippen molar-refractivity contribution in [3.63, 3.8) is 0 Å². The van der Waals surface area contributed by atoms with Gasteiger partial charge >= 0.3 is 0 Å². The van der Waals surface area contributed by atoms with Gasteiger partial charge in [0, 0.05) is 10.9 Å². The van der Waals surface area contributed by atoms with Crippen molar-refractivity contribution >= 4 is 39.3 Å². The molecule has 2 rings (SSSR count). The van der Waals surface area contributed by atoms with Gasteiger partial charge < -0.3 is 5.32 Å². The van der Waals surface area contributed by atoms with Crippen molar-refractivity contribution in [1.29, 1.82) is 0 Å². The molecule has 1 aliphatic rings. The number of benzene rings is 1. The molecule has 19 heavy (non-hydrogen) atoms. The minimum absolute atomic E-state index is 0.143. The van der Waals surface area contributed by atoms with Gasteiger partial charge in [0.05, 0.1) is 5.69 Å². The molecule has 1 heterocycles. The molecule has 0 radical (unpaired) electrons. The summed E-state index contributed by atoms with van der Waals surface area (Å²) < 4.78 is 0.970. The van der Waals surface area contributed by atoms with Crippen molar-refractivity contribution in [2.24, 2.45) is 5.92 Å². The maximum absolute atomic E-state index is 12.1. The lowest BCUT2D eigenvalue weighted by Gasteiger charge is -2.21. The number of carbonyl (C=O) groups excluding carboxylic acids is 1. The number of rotatable bonds is 3. The highest BCUT2D eigenvalue weighted by atomic mass is 79.9. The standard InChI is InChI=1S/C15H20BrNOS/c1-10-7-11(2)15(13(16)8-10)17-14(18)9-12-3-5-19-6-4-12/h7-8,12H,3-6,9H2,1-2H3,(H,17,18). The van der Waals surface area contributed by atoms with Crippen LogP contribution in [0.4, 0.5) is 5.69 Å². The summed E-state index contributed by atoms with van der Waals surface area (Å²) in [6, 6.07) is 4.14. The number of aryl methyl sites for hydroxylation is 2. The van der Waals surface area contributed by atoms with E-state index in [-0.39, 0.29) is 5.91 Å². The van der Waals surface area contributed by atoms with Crippen molar-refractivity contribution in [3.05, 3.63) is 27.7 Å². The second kappa shape index (κ2) is 6.80. The number of thioether (sulfide) groups is 1. The van der Waals surface area contributed by atoms with Crippen LogP contribution in [0.2, 0.25) is 0 Å². The summed E-state index contributed by atoms with van der Waals surface area (Å²) in [4.78, 5) is 12.1. The lowest BCUT2D eigenvalue weighted by Crippen LogP contribution is -2.20. The molecule has 1 saturated heterocycles. The molecule has 1 fully saturated rings. The minimum Gasteiger partial charge on any atom is -0.325 e. The van der Waals surface area contributed by atoms with Gasteiger partial charge in [0.25, 0.3) is 0 Å². The first-order valence-electron chi connectivity index (χ1n) is 6.70. The zero-order valence-corrected chi connectivity index (χ0v) is 13.9. The van der Waals surface area contributed by atoms with E-state index in [0.717, 1.165) is 15.7 Å². The molecule has 0 atom stereocenters. The maximum atomic E-state index is 12.1. The normalized spacial score (nSPS) is 16.4. The van der Waals surface area contributed by atoms with Gasteiger partial charge in [0.15, 0.2) is 0 Å². The van der Waals surface area contributed by atoms with Gasteiger partial charge in [-0.15, -0.1) is 0 Å². The fraction of sp³-hybridized carbons (Fsp3) is 0.533. The van der Waals surface area contributed by atoms with Crippen LogP contribution in [0.5, 0.6) is 0 Å². The molecule has 1 N–H and O–H groups in total. The molecule has 0 unspecified atom stereocenters. The van der Waals surface area contributed by atoms with Crippen molar-refractivity contribution in [3.8, 4) is 0 Å². The highest BCUT2D eigenvalue weighted by molar-refractivity contribution is 9.10. The number of carbonyl (C=O) groups is 1. The molecule has 1 aromatic carbocycles. The zero-order valence-electron chi connectivity index (χ0n) is 11.5. The molecule has 0 aromatic heterocycles. The smallest absolute Gasteiger partial charge is 0.224 e. The van der Waals surface area contributed by atoms with Gasteiger partial charge in [0.2, 0.25) is 5.91 Å². The van der Waals surface area contributed by atoms with Crippen LogP contribution in [0, 0.1) is 19.8 Å². The Morgan fingerprint density at radius 3 is 2.68 bits per heavy atom. The van der Waals surface area contributed by atoms with Crippen LogP contribution in [0.3, 0.4) is 0 Å². The second-order valence-corrected chi connectivity index (χ2v) is 7.33. The fourth-order valence-corrected chi connectivity index (χ4v) is 4.45. The van der Waals surface area contributed by atoms with E-state index in [0.29, 0.717) is 12.3 Å². The largest absolute Gasteiger partial charge is 0.325 e. The molecule has 2 nitrogen and oxygen atoms in total. The van der Waals surface area contributed by atoms with Gasteiger partial charge in [-0.1, -0.05) is 6.07 Å². The van der Waals surface area contributed by atoms with Gasteiger partial charge in [-0.25, -0.2) is 0 Å². The second-order valence-electron chi connectivity index (χ2n) is 5.25. The Bertz CT molecular complexity index is 446. The monoisotopic (exact) mass is 341 g/mol. The van der Waals surface area contributed by atoms with E-state index in [1.54, 1.807) is 0 Å². The molecule has 0 saturated carbocycles. The van der Waals surface area contributed by atoms with Crippen LogP contribution in [0.25, 0.3) is 0 Å². The first kappa shape index (κ1) is 14.9. The van der Waals surface area contributed by atoms with E-state index in [1.165, 1.54) is 29.9 Å². The van der Waals surface area contributed by atoms with Crippen LogP contribution in [-0.4, -0.2) is 17.4 Å². The molecule has 1 aromatic rings. The van der Waals surface area contributed by atoms with E-state index >= 15 is 0 Å². The van der Waals surface area contributed by atoms with Crippen molar-refractivity contribution in [1.82, 2.24) is 0 Å². The summed E-state index contributed by atoms with van der Waals surface area (Å²) in [7, 11) is 0. The van der Waals surface area contributed by atoms with Crippen LogP contribution in [0.15, 0.2) is 16.6 Å². The van der Waals surface area contributed by atoms with Crippen LogP contribution >= 0.6 is 27.7 Å². The molecule has 104 valence electrons. The van der Waals surface area contributed by atoms with Gasteiger partial charge in [-0.05, 0) is 77.2 Å². The van der Waals surface area contributed by atoms with E-state index in [4.69, 9.17) is 0 Å². The Morgan fingerprint density at radius 1 is 1.37 bits per heavy atom. The predicted molar refractivity (Wildman–Crippen MR) is 86.9 cm³/mol. The van der Waals surface area contributed by atoms with Crippen molar-refractivity contribution < 1.29 is 4.79 Å². The summed E-state index contributed by atoms with van der Waals surface area (Å²) in [5.74, 6) is 3.10. The Morgan fingerprint density at radius 2 is 2.05 bits per heavy atom. The SMILES string of the molecule is Cc1cc(C)c(NC(=O)CC2CCSCC2)c(Br)c1. The first-order valence-corrected chi connectivity index (χ1v) is 8.65. The number of halogens is 1. The first-order chi connectivity index (χ1) is 9.06. The highest BCUT2D eigenvalue weighted by Crippen LogP contribution is 2.29. The van der Waals surface area contributed by atoms with E-state index in [2.05, 4.69) is 34.2 Å². The molecule has 1 aliphatic heterocycles. The molecule has 0 spiro atoms. The number of hydrogen-bond donors (Lipinski definition) is 1. The quantitative estimate of drug-likeness (QED) is 0.874.